The van der Waals surface area contributed by atoms with Crippen LogP contribution in [0, 0.1) is 5.92 Å². The highest BCUT2D eigenvalue weighted by molar-refractivity contribution is 9.10. The Balaban J connectivity index is 1.77. The fraction of sp³-hybridized carbons (Fsp3) is 0.429. The normalized spacial score (nSPS) is 16.3. The maximum atomic E-state index is 12.0. The Labute approximate surface area is 131 Å². The highest BCUT2D eigenvalue weighted by Crippen LogP contribution is 2.27. The second-order valence-electron chi connectivity index (χ2n) is 5.28. The molecule has 1 unspecified atom stereocenters. The van der Waals surface area contributed by atoms with Crippen LogP contribution in [0.25, 0.3) is 5.69 Å². The molecule has 21 heavy (non-hydrogen) atoms. The van der Waals surface area contributed by atoms with Crippen LogP contribution in [0.1, 0.15) is 38.1 Å². The van der Waals surface area contributed by atoms with Crippen LogP contribution in [0.2, 0.25) is 0 Å². The summed E-state index contributed by atoms with van der Waals surface area (Å²) in [4.78, 5) is 12.0. The third-order valence-corrected chi connectivity index (χ3v) is 4.32. The van der Waals surface area contributed by atoms with E-state index < -0.39 is 0 Å². The van der Waals surface area contributed by atoms with Crippen LogP contribution in [0.4, 0.5) is 0 Å². The number of rotatable bonds is 4. The van der Waals surface area contributed by atoms with Crippen molar-refractivity contribution in [2.24, 2.45) is 5.92 Å². The summed E-state index contributed by atoms with van der Waals surface area (Å²) in [6.07, 6.45) is 3.11. The zero-order chi connectivity index (χ0) is 14.8. The second kappa shape index (κ2) is 5.93. The van der Waals surface area contributed by atoms with E-state index in [1.54, 1.807) is 4.68 Å². The Kier molecular flexibility index (Phi) is 4.01. The molecule has 1 aliphatic rings. The molecule has 1 saturated carbocycles. The van der Waals surface area contributed by atoms with Crippen molar-refractivity contribution in [1.29, 1.82) is 0 Å². The third-order valence-electron chi connectivity index (χ3n) is 3.79. The van der Waals surface area contributed by atoms with Gasteiger partial charge in [-0.15, -0.1) is 5.10 Å². The first-order valence-electron chi connectivity index (χ1n) is 7.00. The van der Waals surface area contributed by atoms with Gasteiger partial charge < -0.3 is 5.32 Å². The minimum absolute atomic E-state index is 0.0964. The van der Waals surface area contributed by atoms with Gasteiger partial charge in [-0.05, 0) is 54.5 Å². The van der Waals surface area contributed by atoms with Gasteiger partial charge in [0.15, 0.2) is 5.82 Å². The molecule has 1 heterocycles. The van der Waals surface area contributed by atoms with Crippen molar-refractivity contribution >= 4 is 21.8 Å². The summed E-state index contributed by atoms with van der Waals surface area (Å²) < 4.78 is 2.64. The first kappa shape index (κ1) is 14.2. The van der Waals surface area contributed by atoms with Crippen molar-refractivity contribution in [1.82, 2.24) is 25.5 Å². The molecule has 1 fully saturated rings. The van der Waals surface area contributed by atoms with E-state index >= 15 is 0 Å². The molecule has 0 spiro atoms. The molecule has 1 aromatic carbocycles. The Morgan fingerprint density at radius 3 is 2.71 bits per heavy atom. The maximum absolute atomic E-state index is 12.0. The Morgan fingerprint density at radius 2 is 2.10 bits per heavy atom. The molecule has 1 N–H and O–H groups in total. The molecular weight excluding hydrogens is 334 g/mol. The Hall–Kier alpha value is -1.76. The molecule has 1 amide bonds. The molecular formula is C14H16BrN5O. The summed E-state index contributed by atoms with van der Waals surface area (Å²) in [6, 6.07) is 7.47. The largest absolute Gasteiger partial charge is 0.346 e. The molecule has 0 radical (unpaired) electrons. The lowest BCUT2D eigenvalue weighted by atomic mass is 9.84. The monoisotopic (exact) mass is 349 g/mol. The lowest BCUT2D eigenvalue weighted by Crippen LogP contribution is -2.36. The van der Waals surface area contributed by atoms with Gasteiger partial charge in [0.25, 0.3) is 0 Å². The summed E-state index contributed by atoms with van der Waals surface area (Å²) in [6.45, 7) is 1.90. The average molecular weight is 350 g/mol. The van der Waals surface area contributed by atoms with Gasteiger partial charge in [0.1, 0.15) is 0 Å². The molecule has 110 valence electrons. The van der Waals surface area contributed by atoms with Crippen molar-refractivity contribution in [3.05, 3.63) is 34.6 Å². The second-order valence-corrected chi connectivity index (χ2v) is 6.20. The minimum atomic E-state index is -0.225. The number of aromatic nitrogens is 4. The van der Waals surface area contributed by atoms with Gasteiger partial charge in [0.2, 0.25) is 5.91 Å². The quantitative estimate of drug-likeness (QED) is 0.919. The fourth-order valence-corrected chi connectivity index (χ4v) is 2.56. The van der Waals surface area contributed by atoms with E-state index in [2.05, 4.69) is 36.8 Å². The summed E-state index contributed by atoms with van der Waals surface area (Å²) in [7, 11) is 0. The molecule has 7 heteroatoms. The number of tetrazole rings is 1. The highest BCUT2D eigenvalue weighted by Gasteiger charge is 2.27. The lowest BCUT2D eigenvalue weighted by molar-refractivity contribution is -0.128. The molecule has 3 rings (SSSR count). The number of hydrogen-bond acceptors (Lipinski definition) is 4. The van der Waals surface area contributed by atoms with Crippen molar-refractivity contribution in [2.75, 3.05) is 0 Å². The van der Waals surface area contributed by atoms with Gasteiger partial charge >= 0.3 is 0 Å². The van der Waals surface area contributed by atoms with Crippen LogP contribution in [0.5, 0.6) is 0 Å². The first-order valence-corrected chi connectivity index (χ1v) is 7.79. The summed E-state index contributed by atoms with van der Waals surface area (Å²) in [5, 5.41) is 14.8. The van der Waals surface area contributed by atoms with Crippen molar-refractivity contribution in [2.45, 2.75) is 32.2 Å². The Morgan fingerprint density at radius 1 is 1.38 bits per heavy atom. The van der Waals surface area contributed by atoms with Gasteiger partial charge in [0.05, 0.1) is 11.7 Å². The molecule has 6 nitrogen and oxygen atoms in total. The molecule has 1 aliphatic carbocycles. The van der Waals surface area contributed by atoms with Crippen LogP contribution in [0.15, 0.2) is 28.7 Å². The summed E-state index contributed by atoms with van der Waals surface area (Å²) in [5.41, 5.74) is 0.864. The standard InChI is InChI=1S/C14H16BrN5O/c1-9(16-14(21)10-3-2-4-10)13-17-18-19-20(13)12-7-5-11(15)6-8-12/h5-10H,2-4H2,1H3,(H,16,21). The number of halogens is 1. The molecule has 0 aliphatic heterocycles. The van der Waals surface area contributed by atoms with Crippen molar-refractivity contribution in [3.63, 3.8) is 0 Å². The number of nitrogens with zero attached hydrogens (tertiary/aromatic N) is 4. The number of hydrogen-bond donors (Lipinski definition) is 1. The van der Waals surface area contributed by atoms with Gasteiger partial charge in [-0.1, -0.05) is 22.4 Å². The van der Waals surface area contributed by atoms with E-state index in [0.717, 1.165) is 29.4 Å². The van der Waals surface area contributed by atoms with E-state index in [1.165, 1.54) is 0 Å². The predicted octanol–water partition coefficient (Wildman–Crippen LogP) is 2.40. The highest BCUT2D eigenvalue weighted by atomic mass is 79.9. The maximum Gasteiger partial charge on any atom is 0.223 e. The zero-order valence-corrected chi connectivity index (χ0v) is 13.2. The topological polar surface area (TPSA) is 72.7 Å². The molecule has 0 bridgehead atoms. The first-order chi connectivity index (χ1) is 10.1. The van der Waals surface area contributed by atoms with Crippen LogP contribution < -0.4 is 5.32 Å². The molecule has 1 aromatic heterocycles. The van der Waals surface area contributed by atoms with E-state index in [9.17, 15) is 4.79 Å². The molecule has 0 saturated heterocycles. The van der Waals surface area contributed by atoms with E-state index in [1.807, 2.05) is 31.2 Å². The van der Waals surface area contributed by atoms with E-state index in [0.29, 0.717) is 5.82 Å². The van der Waals surface area contributed by atoms with Crippen molar-refractivity contribution in [3.8, 4) is 5.69 Å². The molecule has 1 atom stereocenters. The smallest absolute Gasteiger partial charge is 0.223 e. The van der Waals surface area contributed by atoms with Crippen LogP contribution >= 0.6 is 15.9 Å². The fourth-order valence-electron chi connectivity index (χ4n) is 2.30. The summed E-state index contributed by atoms with van der Waals surface area (Å²) >= 11 is 3.40. The number of nitrogens with one attached hydrogen (secondary N) is 1. The van der Waals surface area contributed by atoms with Crippen LogP contribution in [-0.4, -0.2) is 26.1 Å². The van der Waals surface area contributed by atoms with Gasteiger partial charge in [0, 0.05) is 10.4 Å². The summed E-state index contributed by atoms with van der Waals surface area (Å²) in [5.74, 6) is 0.883. The van der Waals surface area contributed by atoms with Gasteiger partial charge in [-0.25, -0.2) is 0 Å². The lowest BCUT2D eigenvalue weighted by Gasteiger charge is -2.25. The van der Waals surface area contributed by atoms with E-state index in [4.69, 9.17) is 0 Å². The van der Waals surface area contributed by atoms with Gasteiger partial charge in [-0.3, -0.25) is 4.79 Å². The van der Waals surface area contributed by atoms with Gasteiger partial charge in [-0.2, -0.15) is 4.68 Å². The van der Waals surface area contributed by atoms with Crippen molar-refractivity contribution < 1.29 is 4.79 Å². The number of amides is 1. The SMILES string of the molecule is CC(NC(=O)C1CCC1)c1nnnn1-c1ccc(Br)cc1. The number of benzene rings is 1. The minimum Gasteiger partial charge on any atom is -0.346 e. The van der Waals surface area contributed by atoms with Crippen LogP contribution in [-0.2, 0) is 4.79 Å². The average Bonchev–Trinajstić information content (AvgIpc) is 2.86. The third kappa shape index (κ3) is 2.97. The Bertz CT molecular complexity index is 635. The zero-order valence-electron chi connectivity index (χ0n) is 11.7. The predicted molar refractivity (Wildman–Crippen MR) is 80.8 cm³/mol. The van der Waals surface area contributed by atoms with E-state index in [-0.39, 0.29) is 17.9 Å². The van der Waals surface area contributed by atoms with Crippen LogP contribution in [0.3, 0.4) is 0 Å². The number of carbonyl (C=O) groups excluding carboxylic acids is 1. The molecule has 2 aromatic rings. The number of carbonyl (C=O) groups is 1.